The average Bonchev–Trinajstić information content (AvgIpc) is 2.74. The number of hydrogen-bond acceptors (Lipinski definition) is 3. The third kappa shape index (κ3) is 1.95. The van der Waals surface area contributed by atoms with Gasteiger partial charge < -0.3 is 10.5 Å². The topological polar surface area (TPSA) is 63.9 Å². The fourth-order valence-electron chi connectivity index (χ4n) is 1.77. The van der Waals surface area contributed by atoms with Crippen LogP contribution in [0.1, 0.15) is 12.5 Å². The quantitative estimate of drug-likeness (QED) is 0.858. The van der Waals surface area contributed by atoms with E-state index < -0.39 is 0 Å². The van der Waals surface area contributed by atoms with Crippen molar-refractivity contribution < 1.29 is 9.13 Å². The van der Waals surface area contributed by atoms with Gasteiger partial charge in [-0.15, -0.1) is 0 Å². The highest BCUT2D eigenvalue weighted by Crippen LogP contribution is 2.35. The predicted molar refractivity (Wildman–Crippen MR) is 64.3 cm³/mol. The summed E-state index contributed by atoms with van der Waals surface area (Å²) in [6.45, 7) is 1.96. The number of rotatable bonds is 3. The Morgan fingerprint density at radius 2 is 2.18 bits per heavy atom. The fraction of sp³-hybridized carbons (Fsp3) is 0.250. The molecule has 0 radical (unpaired) electrons. The molecule has 0 saturated carbocycles. The minimum atomic E-state index is -0.387. The molecule has 0 atom stereocenters. The Bertz CT molecular complexity index is 537. The van der Waals surface area contributed by atoms with Gasteiger partial charge in [-0.3, -0.25) is 5.10 Å². The average molecular weight is 235 g/mol. The van der Waals surface area contributed by atoms with Crippen LogP contribution >= 0.6 is 0 Å². The van der Waals surface area contributed by atoms with Crippen LogP contribution in [0, 0.1) is 5.82 Å². The van der Waals surface area contributed by atoms with Crippen molar-refractivity contribution in [3.63, 3.8) is 0 Å². The zero-order chi connectivity index (χ0) is 12.4. The number of H-pyrrole nitrogens is 1. The van der Waals surface area contributed by atoms with Crippen LogP contribution in [0.25, 0.3) is 11.1 Å². The summed E-state index contributed by atoms with van der Waals surface area (Å²) in [5, 5.41) is 6.46. The number of benzene rings is 1. The molecule has 0 aliphatic heterocycles. The van der Waals surface area contributed by atoms with Crippen LogP contribution in [0.2, 0.25) is 0 Å². The van der Waals surface area contributed by atoms with E-state index in [0.29, 0.717) is 16.9 Å². The number of aryl methyl sites for hydroxylation is 1. The van der Waals surface area contributed by atoms with Crippen molar-refractivity contribution in [3.8, 4) is 16.9 Å². The Hall–Kier alpha value is -2.04. The van der Waals surface area contributed by atoms with Gasteiger partial charge in [-0.1, -0.05) is 6.92 Å². The van der Waals surface area contributed by atoms with Gasteiger partial charge in [-0.2, -0.15) is 5.10 Å². The molecule has 0 aliphatic rings. The van der Waals surface area contributed by atoms with Crippen molar-refractivity contribution in [2.75, 3.05) is 12.8 Å². The Balaban J connectivity index is 2.66. The van der Waals surface area contributed by atoms with Crippen LogP contribution in [0.15, 0.2) is 18.3 Å². The number of nitrogens with two attached hydrogens (primary N) is 1. The van der Waals surface area contributed by atoms with Crippen LogP contribution in [-0.4, -0.2) is 17.3 Å². The number of hydrogen-bond donors (Lipinski definition) is 2. The Morgan fingerprint density at radius 3 is 2.71 bits per heavy atom. The molecule has 17 heavy (non-hydrogen) atoms. The molecule has 0 saturated heterocycles. The number of ether oxygens (including phenoxy) is 1. The number of anilines is 1. The van der Waals surface area contributed by atoms with Crippen LogP contribution in [0.5, 0.6) is 5.75 Å². The first-order chi connectivity index (χ1) is 8.17. The molecule has 3 N–H and O–H groups in total. The van der Waals surface area contributed by atoms with E-state index in [1.165, 1.54) is 13.2 Å². The first-order valence-electron chi connectivity index (χ1n) is 5.33. The molecule has 4 nitrogen and oxygen atoms in total. The number of nitrogen functional groups attached to an aromatic ring is 1. The number of nitrogens with zero attached hydrogens (tertiary/aromatic N) is 1. The van der Waals surface area contributed by atoms with E-state index in [9.17, 15) is 4.39 Å². The van der Waals surface area contributed by atoms with Gasteiger partial charge in [-0.25, -0.2) is 4.39 Å². The van der Waals surface area contributed by atoms with Gasteiger partial charge in [0, 0.05) is 11.1 Å². The summed E-state index contributed by atoms with van der Waals surface area (Å²) in [5.74, 6) is 0.203. The van der Waals surface area contributed by atoms with Crippen LogP contribution in [-0.2, 0) is 6.42 Å². The van der Waals surface area contributed by atoms with Crippen LogP contribution < -0.4 is 10.5 Å². The highest BCUT2D eigenvalue weighted by atomic mass is 19.1. The highest BCUT2D eigenvalue weighted by Gasteiger charge is 2.15. The lowest BCUT2D eigenvalue weighted by atomic mass is 10.0. The Kier molecular flexibility index (Phi) is 2.99. The van der Waals surface area contributed by atoms with Gasteiger partial charge in [0.05, 0.1) is 13.3 Å². The van der Waals surface area contributed by atoms with Gasteiger partial charge in [0.15, 0.2) is 11.6 Å². The highest BCUT2D eigenvalue weighted by molar-refractivity contribution is 5.78. The molecular formula is C12H14FN3O. The fourth-order valence-corrected chi connectivity index (χ4v) is 1.77. The summed E-state index contributed by atoms with van der Waals surface area (Å²) in [6.07, 6.45) is 2.30. The summed E-state index contributed by atoms with van der Waals surface area (Å²) in [4.78, 5) is 0. The summed E-state index contributed by atoms with van der Waals surface area (Å²) < 4.78 is 18.9. The summed E-state index contributed by atoms with van der Waals surface area (Å²) in [5.41, 5.74) is 7.90. The maximum absolute atomic E-state index is 13.8. The zero-order valence-corrected chi connectivity index (χ0v) is 9.75. The molecule has 5 heteroatoms. The third-order valence-corrected chi connectivity index (χ3v) is 2.67. The second-order valence-corrected chi connectivity index (χ2v) is 3.71. The smallest absolute Gasteiger partial charge is 0.165 e. The maximum Gasteiger partial charge on any atom is 0.165 e. The van der Waals surface area contributed by atoms with E-state index in [-0.39, 0.29) is 11.6 Å². The monoisotopic (exact) mass is 235 g/mol. The number of aromatic amines is 1. The lowest BCUT2D eigenvalue weighted by molar-refractivity contribution is 0.388. The molecular weight excluding hydrogens is 221 g/mol. The molecule has 2 rings (SSSR count). The molecule has 2 aromatic rings. The Labute approximate surface area is 98.6 Å². The minimum absolute atomic E-state index is 0.190. The van der Waals surface area contributed by atoms with E-state index in [0.717, 1.165) is 12.0 Å². The van der Waals surface area contributed by atoms with Crippen molar-refractivity contribution >= 4 is 5.82 Å². The van der Waals surface area contributed by atoms with Crippen LogP contribution in [0.3, 0.4) is 0 Å². The summed E-state index contributed by atoms with van der Waals surface area (Å²) in [6, 6.07) is 3.34. The van der Waals surface area contributed by atoms with Gasteiger partial charge >= 0.3 is 0 Å². The lowest BCUT2D eigenvalue weighted by Gasteiger charge is -2.10. The van der Waals surface area contributed by atoms with Crippen molar-refractivity contribution in [2.45, 2.75) is 13.3 Å². The first-order valence-corrected chi connectivity index (χ1v) is 5.33. The summed E-state index contributed by atoms with van der Waals surface area (Å²) in [7, 11) is 1.43. The van der Waals surface area contributed by atoms with Gasteiger partial charge in [0.1, 0.15) is 5.82 Å². The molecule has 0 amide bonds. The largest absolute Gasteiger partial charge is 0.493 e. The normalized spacial score (nSPS) is 10.5. The number of methoxy groups -OCH3 is 1. The molecule has 0 spiro atoms. The minimum Gasteiger partial charge on any atom is -0.493 e. The zero-order valence-electron chi connectivity index (χ0n) is 9.75. The van der Waals surface area contributed by atoms with Crippen molar-refractivity contribution in [1.82, 2.24) is 10.2 Å². The molecule has 1 aromatic carbocycles. The van der Waals surface area contributed by atoms with Crippen molar-refractivity contribution in [3.05, 3.63) is 29.7 Å². The maximum atomic E-state index is 13.8. The van der Waals surface area contributed by atoms with E-state index in [1.54, 1.807) is 6.20 Å². The number of halogens is 1. The summed E-state index contributed by atoms with van der Waals surface area (Å²) >= 11 is 0. The van der Waals surface area contributed by atoms with E-state index in [2.05, 4.69) is 10.2 Å². The molecule has 1 aromatic heterocycles. The third-order valence-electron chi connectivity index (χ3n) is 2.67. The number of aromatic nitrogens is 2. The van der Waals surface area contributed by atoms with E-state index in [4.69, 9.17) is 10.5 Å². The molecule has 0 bridgehead atoms. The first kappa shape index (κ1) is 11.4. The van der Waals surface area contributed by atoms with E-state index in [1.807, 2.05) is 13.0 Å². The van der Waals surface area contributed by atoms with Crippen molar-refractivity contribution in [2.24, 2.45) is 0 Å². The predicted octanol–water partition coefficient (Wildman–Crippen LogP) is 2.37. The van der Waals surface area contributed by atoms with E-state index >= 15 is 0 Å². The second kappa shape index (κ2) is 4.45. The number of nitrogens with one attached hydrogen (secondary N) is 1. The molecule has 0 unspecified atom stereocenters. The lowest BCUT2D eigenvalue weighted by Crippen LogP contribution is -1.96. The molecule has 0 aliphatic carbocycles. The molecule has 90 valence electrons. The van der Waals surface area contributed by atoms with Gasteiger partial charge in [-0.05, 0) is 24.1 Å². The molecule has 0 fully saturated rings. The van der Waals surface area contributed by atoms with Crippen molar-refractivity contribution in [1.29, 1.82) is 0 Å². The standard InChI is InChI=1S/C12H14FN3O/c1-3-7-4-8(9-6-15-16-12(9)14)11(17-2)10(13)5-7/h4-6H,3H2,1-2H3,(H3,14,15,16). The second-order valence-electron chi connectivity index (χ2n) is 3.71. The van der Waals surface area contributed by atoms with Crippen LogP contribution in [0.4, 0.5) is 10.2 Å². The Morgan fingerprint density at radius 1 is 1.41 bits per heavy atom. The molecule has 1 heterocycles. The van der Waals surface area contributed by atoms with Gasteiger partial charge in [0.25, 0.3) is 0 Å². The van der Waals surface area contributed by atoms with Gasteiger partial charge in [0.2, 0.25) is 0 Å². The SMILES string of the molecule is CCc1cc(F)c(OC)c(-c2cn[nH]c2N)c1.